The molecule has 25 heavy (non-hydrogen) atoms. The number of aliphatic carboxylic acids is 1. The Balaban J connectivity index is 1.92. The molecule has 0 spiro atoms. The zero-order valence-corrected chi connectivity index (χ0v) is 13.8. The van der Waals surface area contributed by atoms with Crippen molar-refractivity contribution in [2.24, 2.45) is 0 Å². The molecule has 0 fully saturated rings. The van der Waals surface area contributed by atoms with Crippen molar-refractivity contribution in [2.75, 3.05) is 0 Å². The van der Waals surface area contributed by atoms with Gasteiger partial charge in [0.05, 0.1) is 5.60 Å². The molecule has 3 aromatic carbocycles. The van der Waals surface area contributed by atoms with Gasteiger partial charge in [-0.05, 0) is 22.3 Å². The molecule has 0 heterocycles. The fourth-order valence-electron chi connectivity index (χ4n) is 3.04. The quantitative estimate of drug-likeness (QED) is 0.755. The molecule has 1 atom stereocenters. The zero-order valence-electron chi connectivity index (χ0n) is 13.8. The van der Waals surface area contributed by atoms with E-state index in [1.54, 1.807) is 12.1 Å². The van der Waals surface area contributed by atoms with Crippen LogP contribution in [-0.2, 0) is 16.8 Å². The van der Waals surface area contributed by atoms with Gasteiger partial charge in [0.25, 0.3) is 0 Å². The lowest BCUT2D eigenvalue weighted by Gasteiger charge is -2.29. The predicted molar refractivity (Wildman–Crippen MR) is 95.5 cm³/mol. The van der Waals surface area contributed by atoms with Crippen LogP contribution in [0.5, 0.6) is 0 Å². The van der Waals surface area contributed by atoms with E-state index in [1.807, 2.05) is 72.8 Å². The van der Waals surface area contributed by atoms with E-state index in [4.69, 9.17) is 0 Å². The van der Waals surface area contributed by atoms with Crippen molar-refractivity contribution in [3.05, 3.63) is 96.1 Å². The number of carboxylic acid groups (broad SMARTS) is 1. The second-order valence-corrected chi connectivity index (χ2v) is 6.19. The van der Waals surface area contributed by atoms with Gasteiger partial charge < -0.3 is 15.0 Å². The monoisotopic (exact) mass is 331 g/mol. The van der Waals surface area contributed by atoms with Crippen LogP contribution in [0.2, 0.25) is 0 Å². The van der Waals surface area contributed by atoms with Crippen molar-refractivity contribution in [2.45, 2.75) is 18.4 Å². The maximum absolute atomic E-state index is 11.2. The number of carbonyl (C=O) groups is 1. The van der Waals surface area contributed by atoms with Gasteiger partial charge in [-0.25, -0.2) is 0 Å². The van der Waals surface area contributed by atoms with Gasteiger partial charge >= 0.3 is 0 Å². The molecule has 1 N–H and O–H groups in total. The van der Waals surface area contributed by atoms with Gasteiger partial charge in [0, 0.05) is 18.8 Å². The fourth-order valence-corrected chi connectivity index (χ4v) is 3.04. The molecule has 126 valence electrons. The Morgan fingerprint density at radius 3 is 1.88 bits per heavy atom. The molecule has 3 rings (SSSR count). The lowest BCUT2D eigenvalue weighted by atomic mass is 9.84. The van der Waals surface area contributed by atoms with Crippen LogP contribution in [0.25, 0.3) is 11.1 Å². The molecule has 0 aromatic heterocycles. The first-order valence-corrected chi connectivity index (χ1v) is 8.19. The first-order valence-electron chi connectivity index (χ1n) is 8.19. The van der Waals surface area contributed by atoms with Gasteiger partial charge in [-0.15, -0.1) is 0 Å². The molecule has 0 saturated heterocycles. The second-order valence-electron chi connectivity index (χ2n) is 6.19. The highest BCUT2D eigenvalue weighted by molar-refractivity contribution is 5.67. The Bertz CT molecular complexity index is 826. The summed E-state index contributed by atoms with van der Waals surface area (Å²) < 4.78 is 0. The third-order valence-electron chi connectivity index (χ3n) is 4.31. The van der Waals surface area contributed by atoms with Crippen molar-refractivity contribution in [1.29, 1.82) is 0 Å². The lowest BCUT2D eigenvalue weighted by Crippen LogP contribution is -2.37. The van der Waals surface area contributed by atoms with Crippen LogP contribution in [0.15, 0.2) is 84.9 Å². The Labute approximate surface area is 147 Å². The maximum Gasteiger partial charge on any atom is 0.0988 e. The van der Waals surface area contributed by atoms with Crippen molar-refractivity contribution < 1.29 is 15.0 Å². The van der Waals surface area contributed by atoms with E-state index in [2.05, 4.69) is 0 Å². The number of hydrogen-bond acceptors (Lipinski definition) is 3. The number of carboxylic acids is 1. The first-order chi connectivity index (χ1) is 12.1. The standard InChI is InChI=1S/C22H20O3/c23-21(24)16-22(25,15-17-7-3-1-4-8-17)20-13-11-19(12-14-20)18-9-5-2-6-10-18/h1-14,25H,15-16H2,(H,23,24)/p-1/t22-/m0/s1. The minimum Gasteiger partial charge on any atom is -0.550 e. The molecule has 3 heteroatoms. The number of rotatable bonds is 6. The normalized spacial score (nSPS) is 13.2. The van der Waals surface area contributed by atoms with Crippen LogP contribution in [0.3, 0.4) is 0 Å². The van der Waals surface area contributed by atoms with Crippen LogP contribution >= 0.6 is 0 Å². The molecular formula is C22H19O3-. The second kappa shape index (κ2) is 7.32. The average molecular weight is 331 g/mol. The summed E-state index contributed by atoms with van der Waals surface area (Å²) in [7, 11) is 0. The lowest BCUT2D eigenvalue weighted by molar-refractivity contribution is -0.309. The van der Waals surface area contributed by atoms with Gasteiger partial charge in [-0.3, -0.25) is 0 Å². The van der Waals surface area contributed by atoms with Crippen molar-refractivity contribution in [3.8, 4) is 11.1 Å². The predicted octanol–water partition coefficient (Wildman–Crippen LogP) is 2.92. The molecule has 0 aliphatic heterocycles. The third-order valence-corrected chi connectivity index (χ3v) is 4.31. The molecule has 3 nitrogen and oxygen atoms in total. The minimum absolute atomic E-state index is 0.215. The molecule has 0 unspecified atom stereocenters. The van der Waals surface area contributed by atoms with Crippen LogP contribution in [-0.4, -0.2) is 11.1 Å². The number of benzene rings is 3. The van der Waals surface area contributed by atoms with E-state index in [1.165, 1.54) is 0 Å². The highest BCUT2D eigenvalue weighted by Crippen LogP contribution is 2.31. The maximum atomic E-state index is 11.2. The van der Waals surface area contributed by atoms with E-state index >= 15 is 0 Å². The van der Waals surface area contributed by atoms with E-state index < -0.39 is 18.0 Å². The van der Waals surface area contributed by atoms with Crippen LogP contribution < -0.4 is 5.11 Å². The van der Waals surface area contributed by atoms with Gasteiger partial charge in [0.1, 0.15) is 0 Å². The largest absolute Gasteiger partial charge is 0.550 e. The molecule has 0 bridgehead atoms. The van der Waals surface area contributed by atoms with Crippen LogP contribution in [0, 0.1) is 0 Å². The van der Waals surface area contributed by atoms with Crippen LogP contribution in [0.1, 0.15) is 17.5 Å². The minimum atomic E-state index is -1.50. The number of carbonyl (C=O) groups excluding carboxylic acids is 1. The summed E-state index contributed by atoms with van der Waals surface area (Å²) in [5.41, 5.74) is 2.02. The number of hydrogen-bond donors (Lipinski definition) is 1. The smallest absolute Gasteiger partial charge is 0.0988 e. The Morgan fingerprint density at radius 1 is 0.800 bits per heavy atom. The summed E-state index contributed by atoms with van der Waals surface area (Å²) in [6.45, 7) is 0. The summed E-state index contributed by atoms with van der Waals surface area (Å²) in [6.07, 6.45) is -0.237. The van der Waals surface area contributed by atoms with E-state index in [0.29, 0.717) is 5.56 Å². The van der Waals surface area contributed by atoms with E-state index in [-0.39, 0.29) is 6.42 Å². The van der Waals surface area contributed by atoms with E-state index in [9.17, 15) is 15.0 Å². The van der Waals surface area contributed by atoms with E-state index in [0.717, 1.165) is 16.7 Å². The van der Waals surface area contributed by atoms with Crippen molar-refractivity contribution in [3.63, 3.8) is 0 Å². The Kier molecular flexibility index (Phi) is 4.96. The summed E-state index contributed by atoms with van der Waals surface area (Å²) in [5, 5.41) is 22.2. The highest BCUT2D eigenvalue weighted by atomic mass is 16.4. The topological polar surface area (TPSA) is 60.4 Å². The molecule has 0 saturated carbocycles. The molecule has 3 aromatic rings. The molecule has 0 aliphatic carbocycles. The Hall–Kier alpha value is -2.91. The van der Waals surface area contributed by atoms with Gasteiger partial charge in [-0.1, -0.05) is 84.9 Å². The fraction of sp³-hybridized carbons (Fsp3) is 0.136. The van der Waals surface area contributed by atoms with Gasteiger partial charge in [0.15, 0.2) is 0 Å². The Morgan fingerprint density at radius 2 is 1.32 bits per heavy atom. The third kappa shape index (κ3) is 4.14. The SMILES string of the molecule is O=C([O-])C[C@@](O)(Cc1ccccc1)c1ccc(-c2ccccc2)cc1. The van der Waals surface area contributed by atoms with Gasteiger partial charge in [-0.2, -0.15) is 0 Å². The highest BCUT2D eigenvalue weighted by Gasteiger charge is 2.30. The first kappa shape index (κ1) is 16.9. The summed E-state index contributed by atoms with van der Waals surface area (Å²) in [5.74, 6) is -1.27. The number of aliphatic hydroxyl groups is 1. The summed E-state index contributed by atoms with van der Waals surface area (Å²) in [6, 6.07) is 26.6. The zero-order chi connectivity index (χ0) is 17.7. The van der Waals surface area contributed by atoms with Crippen molar-refractivity contribution >= 4 is 5.97 Å². The van der Waals surface area contributed by atoms with Crippen LogP contribution in [0.4, 0.5) is 0 Å². The summed E-state index contributed by atoms with van der Waals surface area (Å²) in [4.78, 5) is 11.2. The molecule has 0 aliphatic rings. The summed E-state index contributed by atoms with van der Waals surface area (Å²) >= 11 is 0. The molecule has 0 amide bonds. The van der Waals surface area contributed by atoms with Crippen molar-refractivity contribution in [1.82, 2.24) is 0 Å². The molecular weight excluding hydrogens is 312 g/mol. The van der Waals surface area contributed by atoms with Gasteiger partial charge in [0.2, 0.25) is 0 Å². The average Bonchev–Trinajstić information content (AvgIpc) is 2.63. The molecule has 0 radical (unpaired) electrons.